The van der Waals surface area contributed by atoms with Crippen LogP contribution in [-0.2, 0) is 30.4 Å². The summed E-state index contributed by atoms with van der Waals surface area (Å²) < 4.78 is 0. The van der Waals surface area contributed by atoms with E-state index in [1.54, 1.807) is 44.2 Å². The molecule has 0 bridgehead atoms. The Balaban J connectivity index is 3.16. The van der Waals surface area contributed by atoms with E-state index < -0.39 is 60.2 Å². The highest BCUT2D eigenvalue weighted by atomic mass is 16.4. The number of benzene rings is 1. The Morgan fingerprint density at radius 1 is 0.868 bits per heavy atom. The van der Waals surface area contributed by atoms with E-state index in [4.69, 9.17) is 22.3 Å². The first-order valence-corrected chi connectivity index (χ1v) is 12.0. The number of aliphatic carboxylic acids is 2. The van der Waals surface area contributed by atoms with Crippen LogP contribution in [0.15, 0.2) is 35.3 Å². The zero-order chi connectivity index (χ0) is 28.8. The number of aliphatic imine (C=N–C) groups is 1. The molecule has 4 unspecified atom stereocenters. The Hall–Kier alpha value is -4.20. The summed E-state index contributed by atoms with van der Waals surface area (Å²) in [5.74, 6) is -5.55. The van der Waals surface area contributed by atoms with Gasteiger partial charge < -0.3 is 43.4 Å². The van der Waals surface area contributed by atoms with Gasteiger partial charge in [-0.15, -0.1) is 0 Å². The number of carboxylic acid groups (broad SMARTS) is 2. The number of nitrogens with two attached hydrogens (primary N) is 3. The largest absolute Gasteiger partial charge is 0.481 e. The zero-order valence-electron chi connectivity index (χ0n) is 21.4. The van der Waals surface area contributed by atoms with Crippen molar-refractivity contribution in [3.05, 3.63) is 35.9 Å². The van der Waals surface area contributed by atoms with Crippen molar-refractivity contribution in [3.63, 3.8) is 0 Å². The predicted molar refractivity (Wildman–Crippen MR) is 139 cm³/mol. The summed E-state index contributed by atoms with van der Waals surface area (Å²) in [6.07, 6.45) is -0.565. The van der Waals surface area contributed by atoms with E-state index in [0.29, 0.717) is 0 Å². The average Bonchev–Trinajstić information content (AvgIpc) is 2.84. The maximum atomic E-state index is 13.3. The molecule has 14 nitrogen and oxygen atoms in total. The molecule has 1 rings (SSSR count). The monoisotopic (exact) mass is 535 g/mol. The van der Waals surface area contributed by atoms with Gasteiger partial charge in [0, 0.05) is 13.0 Å². The number of hydrogen-bond acceptors (Lipinski definition) is 7. The smallest absolute Gasteiger partial charge is 0.326 e. The minimum atomic E-state index is -1.72. The number of nitrogens with zero attached hydrogens (tertiary/aromatic N) is 1. The summed E-state index contributed by atoms with van der Waals surface area (Å²) in [6, 6.07) is 3.85. The summed E-state index contributed by atoms with van der Waals surface area (Å²) in [5, 5.41) is 25.6. The Labute approximate surface area is 220 Å². The molecule has 0 aliphatic rings. The van der Waals surface area contributed by atoms with Crippen molar-refractivity contribution >= 4 is 35.6 Å². The van der Waals surface area contributed by atoms with Crippen LogP contribution in [0.3, 0.4) is 0 Å². The third kappa shape index (κ3) is 11.7. The Bertz CT molecular complexity index is 997. The highest BCUT2D eigenvalue weighted by Gasteiger charge is 2.31. The first kappa shape index (κ1) is 31.8. The summed E-state index contributed by atoms with van der Waals surface area (Å²) in [5.41, 5.74) is 17.3. The highest BCUT2D eigenvalue weighted by molar-refractivity contribution is 5.94. The molecule has 3 amide bonds. The number of rotatable bonds is 16. The predicted octanol–water partition coefficient (Wildman–Crippen LogP) is -1.72. The molecular weight excluding hydrogens is 498 g/mol. The van der Waals surface area contributed by atoms with Crippen molar-refractivity contribution in [1.29, 1.82) is 0 Å². The number of guanidine groups is 1. The molecule has 0 aromatic heterocycles. The van der Waals surface area contributed by atoms with Crippen molar-refractivity contribution in [2.45, 2.75) is 63.7 Å². The highest BCUT2D eigenvalue weighted by Crippen LogP contribution is 2.08. The van der Waals surface area contributed by atoms with Crippen molar-refractivity contribution in [2.24, 2.45) is 28.1 Å². The van der Waals surface area contributed by atoms with Gasteiger partial charge >= 0.3 is 11.9 Å². The van der Waals surface area contributed by atoms with Crippen LogP contribution in [0.1, 0.15) is 38.7 Å². The fourth-order valence-corrected chi connectivity index (χ4v) is 3.32. The molecule has 0 saturated heterocycles. The van der Waals surface area contributed by atoms with Crippen LogP contribution in [0.4, 0.5) is 0 Å². The Morgan fingerprint density at radius 3 is 1.95 bits per heavy atom. The van der Waals surface area contributed by atoms with E-state index >= 15 is 0 Å². The number of nitrogens with one attached hydrogen (secondary N) is 3. The van der Waals surface area contributed by atoms with E-state index in [9.17, 15) is 29.1 Å². The molecule has 0 spiro atoms. The van der Waals surface area contributed by atoms with Gasteiger partial charge in [0.1, 0.15) is 18.1 Å². The van der Waals surface area contributed by atoms with Crippen LogP contribution < -0.4 is 33.2 Å². The third-order valence-electron chi connectivity index (χ3n) is 5.51. The molecule has 38 heavy (non-hydrogen) atoms. The van der Waals surface area contributed by atoms with Gasteiger partial charge in [-0.25, -0.2) is 4.79 Å². The van der Waals surface area contributed by atoms with E-state index in [-0.39, 0.29) is 37.7 Å². The second kappa shape index (κ2) is 15.8. The van der Waals surface area contributed by atoms with Crippen LogP contribution in [0.2, 0.25) is 0 Å². The van der Waals surface area contributed by atoms with Crippen LogP contribution in [0, 0.1) is 5.92 Å². The summed E-state index contributed by atoms with van der Waals surface area (Å²) in [4.78, 5) is 65.1. The van der Waals surface area contributed by atoms with Gasteiger partial charge in [-0.3, -0.25) is 24.2 Å². The maximum absolute atomic E-state index is 13.3. The van der Waals surface area contributed by atoms with E-state index in [0.717, 1.165) is 5.56 Å². The zero-order valence-corrected chi connectivity index (χ0v) is 21.4. The van der Waals surface area contributed by atoms with Gasteiger partial charge in [0.2, 0.25) is 17.7 Å². The molecule has 0 saturated carbocycles. The van der Waals surface area contributed by atoms with E-state index in [2.05, 4.69) is 20.9 Å². The lowest BCUT2D eigenvalue weighted by molar-refractivity contribution is -0.147. The first-order valence-electron chi connectivity index (χ1n) is 12.0. The average molecular weight is 536 g/mol. The van der Waals surface area contributed by atoms with Crippen LogP contribution in [-0.4, -0.2) is 76.5 Å². The minimum absolute atomic E-state index is 0.00866. The van der Waals surface area contributed by atoms with Crippen molar-refractivity contribution in [2.75, 3.05) is 6.54 Å². The summed E-state index contributed by atoms with van der Waals surface area (Å²) in [7, 11) is 0. The van der Waals surface area contributed by atoms with Crippen LogP contribution >= 0.6 is 0 Å². The molecule has 0 fully saturated rings. The fraction of sp³-hybridized carbons (Fsp3) is 0.500. The normalized spacial score (nSPS) is 13.9. The second-order valence-corrected chi connectivity index (χ2v) is 9.03. The number of carbonyl (C=O) groups excluding carboxylic acids is 3. The standard InChI is InChI=1S/C24H37N7O7/c1-13(2)19(25)22(36)30-16(11-14-7-4-3-5-8-14)21(35)29-15(9-6-10-28-24(26)27)20(34)31-17(23(37)38)12-18(32)33/h3-5,7-8,13,15-17,19H,6,9-12,25H2,1-2H3,(H,29,35)(H,30,36)(H,31,34)(H,32,33)(H,37,38)(H4,26,27,28). The van der Waals surface area contributed by atoms with Gasteiger partial charge in [-0.05, 0) is 24.3 Å². The molecule has 1 aromatic carbocycles. The molecule has 14 heteroatoms. The number of carboxylic acids is 2. The number of amides is 3. The lowest BCUT2D eigenvalue weighted by Crippen LogP contribution is -2.58. The number of hydrogen-bond donors (Lipinski definition) is 8. The Morgan fingerprint density at radius 2 is 1.42 bits per heavy atom. The van der Waals surface area contributed by atoms with Crippen molar-refractivity contribution in [1.82, 2.24) is 16.0 Å². The van der Waals surface area contributed by atoms with Gasteiger partial charge in [-0.1, -0.05) is 44.2 Å². The lowest BCUT2D eigenvalue weighted by Gasteiger charge is -2.25. The Kier molecular flexibility index (Phi) is 13.2. The first-order chi connectivity index (χ1) is 17.8. The lowest BCUT2D eigenvalue weighted by atomic mass is 10.0. The molecule has 210 valence electrons. The number of carbonyl (C=O) groups is 5. The summed E-state index contributed by atoms with van der Waals surface area (Å²) in [6.45, 7) is 3.62. The van der Waals surface area contributed by atoms with Gasteiger partial charge in [0.25, 0.3) is 0 Å². The summed E-state index contributed by atoms with van der Waals surface area (Å²) >= 11 is 0. The topological polar surface area (TPSA) is 252 Å². The SMILES string of the molecule is CC(C)C(N)C(=O)NC(Cc1ccccc1)C(=O)NC(CCCN=C(N)N)C(=O)NC(CC(=O)O)C(=O)O. The molecule has 11 N–H and O–H groups in total. The molecule has 0 aliphatic heterocycles. The molecule has 0 radical (unpaired) electrons. The fourth-order valence-electron chi connectivity index (χ4n) is 3.32. The van der Waals surface area contributed by atoms with Gasteiger partial charge in [-0.2, -0.15) is 0 Å². The molecule has 0 heterocycles. The van der Waals surface area contributed by atoms with E-state index in [1.807, 2.05) is 0 Å². The van der Waals surface area contributed by atoms with Gasteiger partial charge in [0.15, 0.2) is 5.96 Å². The minimum Gasteiger partial charge on any atom is -0.481 e. The molecular formula is C24H37N7O7. The van der Waals surface area contributed by atoms with Crippen LogP contribution in [0.5, 0.6) is 0 Å². The van der Waals surface area contributed by atoms with Crippen molar-refractivity contribution < 1.29 is 34.2 Å². The second-order valence-electron chi connectivity index (χ2n) is 9.03. The van der Waals surface area contributed by atoms with Gasteiger partial charge in [0.05, 0.1) is 12.5 Å². The van der Waals surface area contributed by atoms with Crippen LogP contribution in [0.25, 0.3) is 0 Å². The van der Waals surface area contributed by atoms with Crippen molar-refractivity contribution in [3.8, 4) is 0 Å². The third-order valence-corrected chi connectivity index (χ3v) is 5.51. The molecule has 0 aliphatic carbocycles. The molecule has 4 atom stereocenters. The quantitative estimate of drug-likeness (QED) is 0.0675. The maximum Gasteiger partial charge on any atom is 0.326 e. The van der Waals surface area contributed by atoms with E-state index in [1.165, 1.54) is 0 Å². The molecule has 1 aromatic rings.